The van der Waals surface area contributed by atoms with Crippen molar-refractivity contribution < 1.29 is 0 Å². The topological polar surface area (TPSA) is 43.1 Å². The zero-order chi connectivity index (χ0) is 13.4. The number of nitrogens with zero attached hydrogens (tertiary/aromatic N) is 4. The summed E-state index contributed by atoms with van der Waals surface area (Å²) in [4.78, 5) is 5.42. The molecular weight excluding hydrogens is 280 g/mol. The first-order valence-electron chi connectivity index (χ1n) is 5.72. The lowest BCUT2D eigenvalue weighted by Crippen LogP contribution is -1.98. The lowest BCUT2D eigenvalue weighted by molar-refractivity contribution is 0.985. The van der Waals surface area contributed by atoms with Crippen molar-refractivity contribution in [2.75, 3.05) is 6.26 Å². The molecule has 2 heterocycles. The van der Waals surface area contributed by atoms with Crippen molar-refractivity contribution in [1.82, 2.24) is 19.6 Å². The largest absolute Gasteiger partial charge is 0.263 e. The normalized spacial score (nSPS) is 11.1. The number of aryl methyl sites for hydroxylation is 1. The molecule has 4 nitrogen and oxygen atoms in total. The molecule has 0 aliphatic heterocycles. The SMILES string of the molecule is CSc1ccccc1-c1nnc2cc(Cl)nc(C)n12. The summed E-state index contributed by atoms with van der Waals surface area (Å²) in [6, 6.07) is 9.83. The number of hydrogen-bond acceptors (Lipinski definition) is 4. The lowest BCUT2D eigenvalue weighted by atomic mass is 10.2. The van der Waals surface area contributed by atoms with Crippen LogP contribution in [0.15, 0.2) is 35.2 Å². The molecule has 0 N–H and O–H groups in total. The van der Waals surface area contributed by atoms with Crippen LogP contribution in [0.2, 0.25) is 5.15 Å². The van der Waals surface area contributed by atoms with Crippen LogP contribution in [0.25, 0.3) is 17.0 Å². The summed E-state index contributed by atoms with van der Waals surface area (Å²) in [6.07, 6.45) is 2.05. The first-order chi connectivity index (χ1) is 9.20. The molecule has 0 bridgehead atoms. The first-order valence-corrected chi connectivity index (χ1v) is 7.32. The van der Waals surface area contributed by atoms with Gasteiger partial charge in [-0.2, -0.15) is 0 Å². The molecule has 0 aliphatic carbocycles. The second kappa shape index (κ2) is 4.83. The Morgan fingerprint density at radius 1 is 1.21 bits per heavy atom. The summed E-state index contributed by atoms with van der Waals surface area (Å²) in [7, 11) is 0. The van der Waals surface area contributed by atoms with Crippen LogP contribution in [-0.4, -0.2) is 25.8 Å². The molecule has 0 fully saturated rings. The number of rotatable bonds is 2. The second-order valence-electron chi connectivity index (χ2n) is 4.04. The van der Waals surface area contributed by atoms with Crippen molar-refractivity contribution in [3.8, 4) is 11.4 Å². The molecule has 6 heteroatoms. The maximum atomic E-state index is 5.94. The maximum absolute atomic E-state index is 5.94. The third-order valence-corrected chi connectivity index (χ3v) is 3.87. The zero-order valence-corrected chi connectivity index (χ0v) is 12.0. The molecule has 0 spiro atoms. The van der Waals surface area contributed by atoms with Crippen LogP contribution in [-0.2, 0) is 0 Å². The van der Waals surface area contributed by atoms with Gasteiger partial charge in [0.2, 0.25) is 0 Å². The fourth-order valence-electron chi connectivity index (χ4n) is 2.06. The highest BCUT2D eigenvalue weighted by atomic mass is 35.5. The van der Waals surface area contributed by atoms with E-state index >= 15 is 0 Å². The Kier molecular flexibility index (Phi) is 3.16. The van der Waals surface area contributed by atoms with Crippen molar-refractivity contribution in [3.05, 3.63) is 41.3 Å². The van der Waals surface area contributed by atoms with Crippen molar-refractivity contribution in [2.24, 2.45) is 0 Å². The fraction of sp³-hybridized carbons (Fsp3) is 0.154. The van der Waals surface area contributed by atoms with Crippen molar-refractivity contribution >= 4 is 29.0 Å². The van der Waals surface area contributed by atoms with Crippen LogP contribution in [0.5, 0.6) is 0 Å². The molecule has 19 heavy (non-hydrogen) atoms. The van der Waals surface area contributed by atoms with Gasteiger partial charge in [0.15, 0.2) is 11.5 Å². The lowest BCUT2D eigenvalue weighted by Gasteiger charge is -2.07. The van der Waals surface area contributed by atoms with E-state index in [4.69, 9.17) is 11.6 Å². The first kappa shape index (κ1) is 12.4. The van der Waals surface area contributed by atoms with Crippen molar-refractivity contribution in [3.63, 3.8) is 0 Å². The average Bonchev–Trinajstić information content (AvgIpc) is 2.82. The van der Waals surface area contributed by atoms with Gasteiger partial charge >= 0.3 is 0 Å². The molecule has 0 saturated carbocycles. The Bertz CT molecular complexity index is 753. The summed E-state index contributed by atoms with van der Waals surface area (Å²) < 4.78 is 1.92. The third-order valence-electron chi connectivity index (χ3n) is 2.88. The van der Waals surface area contributed by atoms with Crippen LogP contribution < -0.4 is 0 Å². The molecule has 0 amide bonds. The average molecular weight is 291 g/mol. The molecule has 0 atom stereocenters. The Balaban J connectivity index is 2.32. The minimum atomic E-state index is 0.433. The monoisotopic (exact) mass is 290 g/mol. The van der Waals surface area contributed by atoms with Crippen LogP contribution in [0, 0.1) is 6.92 Å². The summed E-state index contributed by atoms with van der Waals surface area (Å²) >= 11 is 7.63. The summed E-state index contributed by atoms with van der Waals surface area (Å²) in [5, 5.41) is 8.88. The molecule has 0 radical (unpaired) electrons. The molecular formula is C13H11ClN4S. The maximum Gasteiger partial charge on any atom is 0.170 e. The van der Waals surface area contributed by atoms with Crippen LogP contribution in [0.1, 0.15) is 5.82 Å². The number of aromatic nitrogens is 4. The van der Waals surface area contributed by atoms with Crippen LogP contribution in [0.4, 0.5) is 0 Å². The van der Waals surface area contributed by atoms with E-state index in [1.165, 1.54) is 0 Å². The zero-order valence-electron chi connectivity index (χ0n) is 10.5. The van der Waals surface area contributed by atoms with Gasteiger partial charge in [-0.05, 0) is 19.2 Å². The predicted octanol–water partition coefficient (Wildman–Crippen LogP) is 3.48. The van der Waals surface area contributed by atoms with Crippen molar-refractivity contribution in [1.29, 1.82) is 0 Å². The summed E-state index contributed by atoms with van der Waals surface area (Å²) in [6.45, 7) is 1.90. The molecule has 96 valence electrons. The van der Waals surface area contributed by atoms with E-state index < -0.39 is 0 Å². The Labute approximate surface area is 119 Å². The third kappa shape index (κ3) is 2.09. The molecule has 1 aromatic carbocycles. The van der Waals surface area contributed by atoms with E-state index in [1.807, 2.05) is 35.8 Å². The van der Waals surface area contributed by atoms with Gasteiger partial charge in [0.05, 0.1) is 0 Å². The van der Waals surface area contributed by atoms with E-state index in [9.17, 15) is 0 Å². The van der Waals surface area contributed by atoms with Gasteiger partial charge in [0, 0.05) is 16.5 Å². The number of thioether (sulfide) groups is 1. The minimum absolute atomic E-state index is 0.433. The van der Waals surface area contributed by atoms with Gasteiger partial charge in [-0.3, -0.25) is 4.40 Å². The molecule has 0 aliphatic rings. The number of benzene rings is 1. The van der Waals surface area contributed by atoms with E-state index in [0.717, 1.165) is 22.1 Å². The summed E-state index contributed by atoms with van der Waals surface area (Å²) in [5.74, 6) is 1.57. The Hall–Kier alpha value is -1.59. The Morgan fingerprint density at radius 2 is 2.00 bits per heavy atom. The molecule has 3 aromatic rings. The van der Waals surface area contributed by atoms with Gasteiger partial charge in [0.1, 0.15) is 11.0 Å². The van der Waals surface area contributed by atoms with Crippen LogP contribution >= 0.6 is 23.4 Å². The number of halogens is 1. The van der Waals surface area contributed by atoms with Gasteiger partial charge in [-0.1, -0.05) is 29.8 Å². The summed E-state index contributed by atoms with van der Waals surface area (Å²) in [5.41, 5.74) is 1.76. The number of hydrogen-bond donors (Lipinski definition) is 0. The van der Waals surface area contributed by atoms with Crippen LogP contribution in [0.3, 0.4) is 0 Å². The van der Waals surface area contributed by atoms with E-state index in [1.54, 1.807) is 17.8 Å². The highest BCUT2D eigenvalue weighted by molar-refractivity contribution is 7.98. The van der Waals surface area contributed by atoms with E-state index in [2.05, 4.69) is 21.2 Å². The molecule has 0 saturated heterocycles. The van der Waals surface area contributed by atoms with Gasteiger partial charge < -0.3 is 0 Å². The highest BCUT2D eigenvalue weighted by Crippen LogP contribution is 2.29. The van der Waals surface area contributed by atoms with Gasteiger partial charge in [-0.25, -0.2) is 4.98 Å². The van der Waals surface area contributed by atoms with E-state index in [-0.39, 0.29) is 0 Å². The molecule has 0 unspecified atom stereocenters. The quantitative estimate of drug-likeness (QED) is 0.535. The molecule has 2 aromatic heterocycles. The van der Waals surface area contributed by atoms with Gasteiger partial charge in [0.25, 0.3) is 0 Å². The predicted molar refractivity (Wildman–Crippen MR) is 77.7 cm³/mol. The highest BCUT2D eigenvalue weighted by Gasteiger charge is 2.14. The minimum Gasteiger partial charge on any atom is -0.263 e. The second-order valence-corrected chi connectivity index (χ2v) is 5.28. The smallest absolute Gasteiger partial charge is 0.170 e. The standard InChI is InChI=1S/C13H11ClN4S/c1-8-15-11(14)7-12-16-17-13(18(8)12)9-5-3-4-6-10(9)19-2/h3-7H,1-2H3. The molecule has 3 rings (SSSR count). The van der Waals surface area contributed by atoms with Crippen molar-refractivity contribution in [2.45, 2.75) is 11.8 Å². The van der Waals surface area contributed by atoms with E-state index in [0.29, 0.717) is 10.8 Å². The fourth-order valence-corrected chi connectivity index (χ4v) is 2.87. The van der Waals surface area contributed by atoms with Gasteiger partial charge in [-0.15, -0.1) is 22.0 Å². The number of fused-ring (bicyclic) bond motifs is 1. The Morgan fingerprint density at radius 3 is 2.79 bits per heavy atom.